The standard InChI is InChI=1S/C17H23N3OS/c1-11(2)15-8-13(10-22-15)17(21)20-7-5-6-14(20)16-18-12(3)9-19(16)4/h8-11,14H,5-7H2,1-4H3/t14-/m0/s1. The van der Waals surface area contributed by atoms with Crippen molar-refractivity contribution in [2.45, 2.75) is 45.6 Å². The van der Waals surface area contributed by atoms with Gasteiger partial charge in [0.15, 0.2) is 0 Å². The van der Waals surface area contributed by atoms with E-state index in [9.17, 15) is 4.79 Å². The first-order valence-corrected chi connectivity index (χ1v) is 8.74. The molecule has 1 saturated heterocycles. The van der Waals surface area contributed by atoms with E-state index in [-0.39, 0.29) is 11.9 Å². The lowest BCUT2D eigenvalue weighted by molar-refractivity contribution is 0.0728. The molecule has 1 fully saturated rings. The van der Waals surface area contributed by atoms with Crippen molar-refractivity contribution >= 4 is 17.2 Å². The minimum Gasteiger partial charge on any atom is -0.336 e. The van der Waals surface area contributed by atoms with Crippen LogP contribution in [0.2, 0.25) is 0 Å². The van der Waals surface area contributed by atoms with Crippen LogP contribution in [-0.2, 0) is 7.05 Å². The molecule has 0 bridgehead atoms. The van der Waals surface area contributed by atoms with E-state index in [1.54, 1.807) is 11.3 Å². The summed E-state index contributed by atoms with van der Waals surface area (Å²) >= 11 is 1.68. The van der Waals surface area contributed by atoms with Crippen LogP contribution in [-0.4, -0.2) is 26.9 Å². The Morgan fingerprint density at radius 1 is 1.45 bits per heavy atom. The van der Waals surface area contributed by atoms with Crippen molar-refractivity contribution in [3.8, 4) is 0 Å². The molecule has 0 aliphatic carbocycles. The predicted octanol–water partition coefficient (Wildman–Crippen LogP) is 3.89. The number of imidazole rings is 1. The molecule has 1 aliphatic rings. The van der Waals surface area contributed by atoms with Crippen LogP contribution >= 0.6 is 11.3 Å². The molecule has 3 heterocycles. The van der Waals surface area contributed by atoms with Gasteiger partial charge in [0, 0.05) is 30.0 Å². The third kappa shape index (κ3) is 2.70. The van der Waals surface area contributed by atoms with E-state index >= 15 is 0 Å². The molecule has 0 spiro atoms. The van der Waals surface area contributed by atoms with E-state index in [0.29, 0.717) is 5.92 Å². The summed E-state index contributed by atoms with van der Waals surface area (Å²) in [5.41, 5.74) is 1.83. The van der Waals surface area contributed by atoms with E-state index in [1.165, 1.54) is 4.88 Å². The summed E-state index contributed by atoms with van der Waals surface area (Å²) in [7, 11) is 2.01. The molecule has 22 heavy (non-hydrogen) atoms. The summed E-state index contributed by atoms with van der Waals surface area (Å²) in [6.45, 7) is 7.14. The monoisotopic (exact) mass is 317 g/mol. The number of likely N-dealkylation sites (tertiary alicyclic amines) is 1. The van der Waals surface area contributed by atoms with Gasteiger partial charge in [0.25, 0.3) is 5.91 Å². The number of rotatable bonds is 3. The van der Waals surface area contributed by atoms with Crippen LogP contribution in [0.1, 0.15) is 65.4 Å². The Morgan fingerprint density at radius 2 is 2.23 bits per heavy atom. The maximum Gasteiger partial charge on any atom is 0.255 e. The first-order chi connectivity index (χ1) is 10.5. The highest BCUT2D eigenvalue weighted by Gasteiger charge is 2.33. The second kappa shape index (κ2) is 5.88. The smallest absolute Gasteiger partial charge is 0.255 e. The van der Waals surface area contributed by atoms with Crippen LogP contribution in [0.5, 0.6) is 0 Å². The van der Waals surface area contributed by atoms with Gasteiger partial charge >= 0.3 is 0 Å². The van der Waals surface area contributed by atoms with Gasteiger partial charge in [-0.25, -0.2) is 4.98 Å². The molecule has 4 nitrogen and oxygen atoms in total. The Morgan fingerprint density at radius 3 is 2.82 bits per heavy atom. The van der Waals surface area contributed by atoms with Gasteiger partial charge in [0.2, 0.25) is 0 Å². The van der Waals surface area contributed by atoms with Gasteiger partial charge in [0.1, 0.15) is 5.82 Å². The van der Waals surface area contributed by atoms with Gasteiger partial charge in [-0.3, -0.25) is 4.79 Å². The molecule has 0 N–H and O–H groups in total. The zero-order valence-electron chi connectivity index (χ0n) is 13.7. The molecule has 5 heteroatoms. The first-order valence-electron chi connectivity index (χ1n) is 7.86. The third-order valence-corrected chi connectivity index (χ3v) is 5.51. The van der Waals surface area contributed by atoms with Gasteiger partial charge in [-0.1, -0.05) is 13.8 Å². The van der Waals surface area contributed by atoms with E-state index in [1.807, 2.05) is 30.4 Å². The molecule has 118 valence electrons. The molecular formula is C17H23N3OS. The number of carbonyl (C=O) groups excluding carboxylic acids is 1. The van der Waals surface area contributed by atoms with Gasteiger partial charge in [-0.05, 0) is 31.7 Å². The van der Waals surface area contributed by atoms with Gasteiger partial charge in [0.05, 0.1) is 17.3 Å². The summed E-state index contributed by atoms with van der Waals surface area (Å²) in [5, 5.41) is 2.00. The van der Waals surface area contributed by atoms with Crippen LogP contribution in [0.4, 0.5) is 0 Å². The van der Waals surface area contributed by atoms with E-state index in [0.717, 1.165) is 36.5 Å². The molecule has 2 aromatic heterocycles. The number of carbonyl (C=O) groups is 1. The highest BCUT2D eigenvalue weighted by atomic mass is 32.1. The largest absolute Gasteiger partial charge is 0.336 e. The average Bonchev–Trinajstić information content (AvgIpc) is 3.16. The molecule has 2 aromatic rings. The fourth-order valence-electron chi connectivity index (χ4n) is 3.16. The Kier molecular flexibility index (Phi) is 4.08. The highest BCUT2D eigenvalue weighted by Crippen LogP contribution is 2.33. The number of thiophene rings is 1. The van der Waals surface area contributed by atoms with Gasteiger partial charge < -0.3 is 9.47 Å². The molecule has 1 atom stereocenters. The summed E-state index contributed by atoms with van der Waals surface area (Å²) in [6, 6.07) is 2.16. The SMILES string of the molecule is Cc1cn(C)c([C@@H]2CCCN2C(=O)c2csc(C(C)C)c2)n1. The number of nitrogens with zero attached hydrogens (tertiary/aromatic N) is 3. The summed E-state index contributed by atoms with van der Waals surface area (Å²) in [5.74, 6) is 1.62. The van der Waals surface area contributed by atoms with Crippen molar-refractivity contribution in [1.82, 2.24) is 14.5 Å². The van der Waals surface area contributed by atoms with Crippen molar-refractivity contribution in [1.29, 1.82) is 0 Å². The van der Waals surface area contributed by atoms with Crippen LogP contribution in [0.15, 0.2) is 17.6 Å². The Balaban J connectivity index is 1.86. The zero-order chi connectivity index (χ0) is 15.9. The Hall–Kier alpha value is -1.62. The van der Waals surface area contributed by atoms with Crippen molar-refractivity contribution in [3.63, 3.8) is 0 Å². The second-order valence-electron chi connectivity index (χ2n) is 6.40. The van der Waals surface area contributed by atoms with Crippen molar-refractivity contribution in [3.05, 3.63) is 39.6 Å². The maximum atomic E-state index is 12.9. The Labute approximate surface area is 135 Å². The number of aromatic nitrogens is 2. The van der Waals surface area contributed by atoms with E-state index in [2.05, 4.69) is 29.5 Å². The first kappa shape index (κ1) is 15.3. The molecule has 0 radical (unpaired) electrons. The van der Waals surface area contributed by atoms with Crippen molar-refractivity contribution in [2.24, 2.45) is 7.05 Å². The minimum atomic E-state index is 0.105. The molecule has 3 rings (SSSR count). The zero-order valence-corrected chi connectivity index (χ0v) is 14.5. The Bertz CT molecular complexity index is 686. The fraction of sp³-hybridized carbons (Fsp3) is 0.529. The van der Waals surface area contributed by atoms with Gasteiger partial charge in [-0.15, -0.1) is 11.3 Å². The summed E-state index contributed by atoms with van der Waals surface area (Å²) in [4.78, 5) is 20.8. The number of aryl methyl sites for hydroxylation is 2. The maximum absolute atomic E-state index is 12.9. The fourth-order valence-corrected chi connectivity index (χ4v) is 4.06. The molecular weight excluding hydrogens is 294 g/mol. The topological polar surface area (TPSA) is 38.1 Å². The lowest BCUT2D eigenvalue weighted by Crippen LogP contribution is -2.31. The summed E-state index contributed by atoms with van der Waals surface area (Å²) in [6.07, 6.45) is 4.07. The lowest BCUT2D eigenvalue weighted by atomic mass is 10.1. The molecule has 0 unspecified atom stereocenters. The normalized spacial score (nSPS) is 18.4. The number of hydrogen-bond donors (Lipinski definition) is 0. The highest BCUT2D eigenvalue weighted by molar-refractivity contribution is 7.10. The van der Waals surface area contributed by atoms with Crippen LogP contribution in [0.25, 0.3) is 0 Å². The number of hydrogen-bond acceptors (Lipinski definition) is 3. The van der Waals surface area contributed by atoms with Crippen LogP contribution < -0.4 is 0 Å². The second-order valence-corrected chi connectivity index (χ2v) is 7.34. The third-order valence-electron chi connectivity index (χ3n) is 4.28. The average molecular weight is 317 g/mol. The predicted molar refractivity (Wildman–Crippen MR) is 89.4 cm³/mol. The molecule has 1 amide bonds. The summed E-state index contributed by atoms with van der Waals surface area (Å²) < 4.78 is 2.05. The van der Waals surface area contributed by atoms with Crippen molar-refractivity contribution in [2.75, 3.05) is 6.54 Å². The quantitative estimate of drug-likeness (QED) is 0.861. The van der Waals surface area contributed by atoms with Crippen LogP contribution in [0.3, 0.4) is 0 Å². The van der Waals surface area contributed by atoms with Gasteiger partial charge in [-0.2, -0.15) is 0 Å². The van der Waals surface area contributed by atoms with E-state index < -0.39 is 0 Å². The van der Waals surface area contributed by atoms with Crippen LogP contribution in [0, 0.1) is 6.92 Å². The molecule has 1 aliphatic heterocycles. The van der Waals surface area contributed by atoms with Crippen molar-refractivity contribution < 1.29 is 4.79 Å². The number of amides is 1. The lowest BCUT2D eigenvalue weighted by Gasteiger charge is -2.24. The van der Waals surface area contributed by atoms with E-state index in [4.69, 9.17) is 0 Å². The molecule has 0 saturated carbocycles. The molecule has 0 aromatic carbocycles. The minimum absolute atomic E-state index is 0.105.